The van der Waals surface area contributed by atoms with Gasteiger partial charge in [0.15, 0.2) is 5.16 Å². The molecule has 0 unspecified atom stereocenters. The topological polar surface area (TPSA) is 73.2 Å². The van der Waals surface area contributed by atoms with E-state index >= 15 is 0 Å². The molecule has 0 spiro atoms. The van der Waals surface area contributed by atoms with Crippen molar-refractivity contribution in [3.8, 4) is 5.69 Å². The number of carbonyl (C=O) groups is 1. The molecule has 1 fully saturated rings. The zero-order valence-corrected chi connectivity index (χ0v) is 18.9. The van der Waals surface area contributed by atoms with Crippen molar-refractivity contribution < 1.29 is 9.53 Å². The lowest BCUT2D eigenvalue weighted by Crippen LogP contribution is -2.33. The number of benzene rings is 1. The van der Waals surface area contributed by atoms with Gasteiger partial charge in [0, 0.05) is 18.0 Å². The normalized spacial score (nSPS) is 18.3. The Morgan fingerprint density at radius 3 is 2.87 bits per heavy atom. The van der Waals surface area contributed by atoms with Crippen LogP contribution in [0, 0.1) is 0 Å². The zero-order valence-electron chi connectivity index (χ0n) is 17.3. The number of rotatable bonds is 6. The summed E-state index contributed by atoms with van der Waals surface area (Å²) in [4.78, 5) is 33.0. The molecule has 1 aliphatic heterocycles. The minimum absolute atomic E-state index is 0.0298. The first-order chi connectivity index (χ1) is 15.2. The van der Waals surface area contributed by atoms with E-state index in [0.717, 1.165) is 54.6 Å². The summed E-state index contributed by atoms with van der Waals surface area (Å²) in [5.74, 6) is 0.141. The van der Waals surface area contributed by atoms with Gasteiger partial charge >= 0.3 is 0 Å². The second kappa shape index (κ2) is 9.14. The third-order valence-electron chi connectivity index (χ3n) is 5.86. The van der Waals surface area contributed by atoms with Crippen LogP contribution in [-0.2, 0) is 22.4 Å². The molecule has 1 amide bonds. The minimum atomic E-state index is -0.0695. The molecule has 0 saturated carbocycles. The molecule has 1 atom stereocenters. The highest BCUT2D eigenvalue weighted by Crippen LogP contribution is 2.35. The zero-order chi connectivity index (χ0) is 21.2. The summed E-state index contributed by atoms with van der Waals surface area (Å²) in [6, 6.07) is 9.58. The van der Waals surface area contributed by atoms with Gasteiger partial charge in [-0.25, -0.2) is 4.98 Å². The van der Waals surface area contributed by atoms with Crippen LogP contribution in [0.2, 0.25) is 0 Å². The lowest BCUT2D eigenvalue weighted by atomic mass is 9.97. The molecule has 0 radical (unpaired) electrons. The van der Waals surface area contributed by atoms with Gasteiger partial charge in [-0.3, -0.25) is 14.2 Å². The number of fused-ring (bicyclic) bond motifs is 3. The van der Waals surface area contributed by atoms with E-state index in [2.05, 4.69) is 5.32 Å². The van der Waals surface area contributed by atoms with E-state index in [9.17, 15) is 9.59 Å². The number of hydrogen-bond acceptors (Lipinski definition) is 6. The maximum Gasteiger partial charge on any atom is 0.267 e. The Labute approximate surface area is 189 Å². The Hall–Kier alpha value is -2.16. The van der Waals surface area contributed by atoms with E-state index in [1.54, 1.807) is 15.9 Å². The number of amides is 1. The summed E-state index contributed by atoms with van der Waals surface area (Å²) in [6.07, 6.45) is 6.40. The van der Waals surface area contributed by atoms with Gasteiger partial charge in [-0.2, -0.15) is 0 Å². The smallest absolute Gasteiger partial charge is 0.267 e. The molecule has 31 heavy (non-hydrogen) atoms. The van der Waals surface area contributed by atoms with Crippen molar-refractivity contribution in [3.05, 3.63) is 51.1 Å². The summed E-state index contributed by atoms with van der Waals surface area (Å²) < 4.78 is 7.24. The molecule has 3 heterocycles. The van der Waals surface area contributed by atoms with Crippen LogP contribution in [0.1, 0.15) is 36.1 Å². The molecule has 3 aromatic rings. The number of hydrogen-bond donors (Lipinski definition) is 1. The van der Waals surface area contributed by atoms with E-state index < -0.39 is 0 Å². The lowest BCUT2D eigenvalue weighted by molar-refractivity contribution is -0.119. The Kier molecular flexibility index (Phi) is 6.11. The average Bonchev–Trinajstić information content (AvgIpc) is 3.44. The molecule has 0 bridgehead atoms. The second-order valence-electron chi connectivity index (χ2n) is 7.99. The first-order valence-corrected chi connectivity index (χ1v) is 12.6. The fourth-order valence-electron chi connectivity index (χ4n) is 4.30. The number of nitrogens with one attached hydrogen (secondary N) is 1. The molecule has 2 aromatic heterocycles. The average molecular weight is 456 g/mol. The monoisotopic (exact) mass is 455 g/mol. The molecular formula is C23H25N3O3S2. The van der Waals surface area contributed by atoms with Crippen LogP contribution in [0.25, 0.3) is 15.9 Å². The van der Waals surface area contributed by atoms with Gasteiger partial charge in [0.1, 0.15) is 4.83 Å². The van der Waals surface area contributed by atoms with Crippen molar-refractivity contribution in [1.82, 2.24) is 14.9 Å². The van der Waals surface area contributed by atoms with Gasteiger partial charge in [-0.15, -0.1) is 11.3 Å². The molecule has 6 nitrogen and oxygen atoms in total. The van der Waals surface area contributed by atoms with E-state index in [1.807, 2.05) is 30.3 Å². The predicted octanol–water partition coefficient (Wildman–Crippen LogP) is 3.71. The predicted molar refractivity (Wildman–Crippen MR) is 125 cm³/mol. The standard InChI is InChI=1S/C23H25N3O3S2/c27-19(24-13-16-9-6-12-29-16)14-30-23-25-21-20(17-10-4-5-11-18(17)31-21)22(28)26(23)15-7-2-1-3-8-15/h1-3,7-8,16H,4-6,9-14H2,(H,24,27)/t16-/m1/s1. The summed E-state index contributed by atoms with van der Waals surface area (Å²) >= 11 is 2.95. The SMILES string of the molecule is O=C(CSc1nc2sc3c(c2c(=O)n1-c1ccccc1)CCCC3)NC[C@H]1CCCO1. The van der Waals surface area contributed by atoms with E-state index in [-0.39, 0.29) is 23.3 Å². The quantitative estimate of drug-likeness (QED) is 0.453. The largest absolute Gasteiger partial charge is 0.376 e. The van der Waals surface area contributed by atoms with Crippen LogP contribution >= 0.6 is 23.1 Å². The fraction of sp³-hybridized carbons (Fsp3) is 0.435. The Balaban J connectivity index is 1.46. The van der Waals surface area contributed by atoms with E-state index in [4.69, 9.17) is 9.72 Å². The Morgan fingerprint density at radius 1 is 1.23 bits per heavy atom. The van der Waals surface area contributed by atoms with E-state index in [1.165, 1.54) is 28.6 Å². The highest BCUT2D eigenvalue weighted by molar-refractivity contribution is 7.99. The first kappa shape index (κ1) is 20.7. The number of nitrogens with zero attached hydrogens (tertiary/aromatic N) is 2. The van der Waals surface area contributed by atoms with Crippen molar-refractivity contribution in [2.24, 2.45) is 0 Å². The summed E-state index contributed by atoms with van der Waals surface area (Å²) in [6.45, 7) is 1.31. The van der Waals surface area contributed by atoms with Gasteiger partial charge in [0.2, 0.25) is 5.91 Å². The molecule has 162 valence electrons. The number of aromatic nitrogens is 2. The number of thiophene rings is 1. The number of carbonyl (C=O) groups excluding carboxylic acids is 1. The third-order valence-corrected chi connectivity index (χ3v) is 7.98. The molecule has 8 heteroatoms. The molecule has 1 saturated heterocycles. The molecule has 1 aliphatic carbocycles. The second-order valence-corrected chi connectivity index (χ2v) is 10.0. The van der Waals surface area contributed by atoms with Gasteiger partial charge in [0.25, 0.3) is 5.56 Å². The fourth-order valence-corrected chi connectivity index (χ4v) is 6.45. The van der Waals surface area contributed by atoms with Crippen molar-refractivity contribution in [1.29, 1.82) is 0 Å². The minimum Gasteiger partial charge on any atom is -0.376 e. The highest BCUT2D eigenvalue weighted by Gasteiger charge is 2.23. The molecule has 1 aromatic carbocycles. The highest BCUT2D eigenvalue weighted by atomic mass is 32.2. The Morgan fingerprint density at radius 2 is 2.06 bits per heavy atom. The van der Waals surface area contributed by atoms with E-state index in [0.29, 0.717) is 11.7 Å². The maximum absolute atomic E-state index is 13.6. The van der Waals surface area contributed by atoms with Gasteiger partial charge in [-0.1, -0.05) is 30.0 Å². The van der Waals surface area contributed by atoms with Crippen molar-refractivity contribution in [3.63, 3.8) is 0 Å². The number of para-hydroxylation sites is 1. The molecule has 1 N–H and O–H groups in total. The van der Waals surface area contributed by atoms with Crippen LogP contribution in [0.5, 0.6) is 0 Å². The van der Waals surface area contributed by atoms with Crippen molar-refractivity contribution in [2.75, 3.05) is 18.9 Å². The number of aryl methyl sites for hydroxylation is 2. The summed E-state index contributed by atoms with van der Waals surface area (Å²) in [5, 5.41) is 4.27. The van der Waals surface area contributed by atoms with Gasteiger partial charge in [-0.05, 0) is 56.2 Å². The van der Waals surface area contributed by atoms with Gasteiger partial charge < -0.3 is 10.1 Å². The lowest BCUT2D eigenvalue weighted by Gasteiger charge is -2.14. The van der Waals surface area contributed by atoms with Crippen molar-refractivity contribution in [2.45, 2.75) is 49.8 Å². The van der Waals surface area contributed by atoms with Crippen LogP contribution in [-0.4, -0.2) is 40.5 Å². The Bertz CT molecular complexity index is 1150. The van der Waals surface area contributed by atoms with Crippen LogP contribution < -0.4 is 10.9 Å². The number of ether oxygens (including phenoxy) is 1. The molecule has 2 aliphatic rings. The van der Waals surface area contributed by atoms with Crippen LogP contribution in [0.4, 0.5) is 0 Å². The first-order valence-electron chi connectivity index (χ1n) is 10.8. The van der Waals surface area contributed by atoms with Crippen LogP contribution in [0.3, 0.4) is 0 Å². The van der Waals surface area contributed by atoms with Crippen molar-refractivity contribution >= 4 is 39.2 Å². The summed E-state index contributed by atoms with van der Waals surface area (Å²) in [7, 11) is 0. The molecular weight excluding hydrogens is 430 g/mol. The summed E-state index contributed by atoms with van der Waals surface area (Å²) in [5.41, 5.74) is 1.93. The van der Waals surface area contributed by atoms with Gasteiger partial charge in [0.05, 0.1) is 22.9 Å². The third kappa shape index (κ3) is 4.29. The van der Waals surface area contributed by atoms with Crippen LogP contribution in [0.15, 0.2) is 40.3 Å². The molecule has 5 rings (SSSR count). The number of thioether (sulfide) groups is 1. The maximum atomic E-state index is 13.6.